The van der Waals surface area contributed by atoms with Crippen LogP contribution in [0.3, 0.4) is 0 Å². The molecule has 0 spiro atoms. The van der Waals surface area contributed by atoms with Gasteiger partial charge in [0.1, 0.15) is 11.8 Å². The molecule has 2 saturated heterocycles. The Kier molecular flexibility index (Phi) is 6.72. The lowest BCUT2D eigenvalue weighted by Crippen LogP contribution is -2.64. The first-order valence-electron chi connectivity index (χ1n) is 8.99. The van der Waals surface area contributed by atoms with E-state index in [9.17, 15) is 0 Å². The standard InChI is InChI=1S/C16H31ClN4S/c1-22-16-19-15-18-14-12(11-21(15)20-16)9-7-5-3-2-4-6-8-10-13(14)17/h12-16,18-20H,2-11H2,1H3. The minimum Gasteiger partial charge on any atom is -0.284 e. The van der Waals surface area contributed by atoms with E-state index in [0.29, 0.717) is 17.5 Å². The van der Waals surface area contributed by atoms with Gasteiger partial charge in [0, 0.05) is 18.0 Å². The number of hydrazine groups is 1. The second kappa shape index (κ2) is 8.54. The molecule has 0 bridgehead atoms. The van der Waals surface area contributed by atoms with Crippen LogP contribution in [0.15, 0.2) is 0 Å². The Hall–Kier alpha value is 0.480. The molecule has 6 heteroatoms. The minimum absolute atomic E-state index is 0.229. The van der Waals surface area contributed by atoms with Gasteiger partial charge >= 0.3 is 0 Å². The van der Waals surface area contributed by atoms with Crippen molar-refractivity contribution >= 4 is 23.4 Å². The van der Waals surface area contributed by atoms with Gasteiger partial charge in [-0.05, 0) is 25.0 Å². The first-order valence-corrected chi connectivity index (χ1v) is 10.7. The summed E-state index contributed by atoms with van der Waals surface area (Å²) >= 11 is 8.63. The predicted octanol–water partition coefficient (Wildman–Crippen LogP) is 3.05. The molecule has 1 aliphatic carbocycles. The topological polar surface area (TPSA) is 39.3 Å². The molecule has 1 saturated carbocycles. The number of thioether (sulfide) groups is 1. The van der Waals surface area contributed by atoms with Crippen LogP contribution in [0.4, 0.5) is 0 Å². The second-order valence-electron chi connectivity index (χ2n) is 6.99. The summed E-state index contributed by atoms with van der Waals surface area (Å²) in [6, 6.07) is 0.442. The van der Waals surface area contributed by atoms with Crippen LogP contribution in [0.25, 0.3) is 0 Å². The number of alkyl halides is 1. The van der Waals surface area contributed by atoms with E-state index in [0.717, 1.165) is 13.0 Å². The molecule has 3 fully saturated rings. The highest BCUT2D eigenvalue weighted by atomic mass is 35.5. The van der Waals surface area contributed by atoms with Crippen LogP contribution < -0.4 is 16.1 Å². The molecule has 0 radical (unpaired) electrons. The summed E-state index contributed by atoms with van der Waals surface area (Å²) in [6.07, 6.45) is 14.4. The van der Waals surface area contributed by atoms with E-state index in [2.05, 4.69) is 27.3 Å². The third-order valence-electron chi connectivity index (χ3n) is 5.37. The molecular weight excluding hydrogens is 316 g/mol. The highest BCUT2D eigenvalue weighted by molar-refractivity contribution is 7.99. The van der Waals surface area contributed by atoms with Gasteiger partial charge in [-0.2, -0.15) is 0 Å². The van der Waals surface area contributed by atoms with Crippen molar-refractivity contribution in [2.45, 2.75) is 81.0 Å². The molecule has 0 aromatic rings. The predicted molar refractivity (Wildman–Crippen MR) is 95.7 cm³/mol. The first kappa shape index (κ1) is 17.3. The Morgan fingerprint density at radius 2 is 1.64 bits per heavy atom. The molecule has 128 valence electrons. The van der Waals surface area contributed by atoms with Gasteiger partial charge in [-0.1, -0.05) is 44.9 Å². The average Bonchev–Trinajstić information content (AvgIpc) is 2.93. The summed E-state index contributed by atoms with van der Waals surface area (Å²) in [5.74, 6) is 0.660. The molecular formula is C16H31ClN4S. The largest absolute Gasteiger partial charge is 0.284 e. The van der Waals surface area contributed by atoms with E-state index in [4.69, 9.17) is 11.6 Å². The Bertz CT molecular complexity index is 346. The number of rotatable bonds is 1. The SMILES string of the molecule is CSC1NC2NC3C(Cl)CCCCCCCCCC3CN2N1. The van der Waals surface area contributed by atoms with Gasteiger partial charge < -0.3 is 0 Å². The van der Waals surface area contributed by atoms with E-state index in [1.165, 1.54) is 51.4 Å². The number of hydrogen-bond acceptors (Lipinski definition) is 5. The molecule has 5 atom stereocenters. The quantitative estimate of drug-likeness (QED) is 0.636. The van der Waals surface area contributed by atoms with Crippen molar-refractivity contribution in [1.82, 2.24) is 21.1 Å². The van der Waals surface area contributed by atoms with Gasteiger partial charge in [0.15, 0.2) is 0 Å². The van der Waals surface area contributed by atoms with Gasteiger partial charge in [0.25, 0.3) is 0 Å². The fourth-order valence-corrected chi connectivity index (χ4v) is 5.02. The van der Waals surface area contributed by atoms with E-state index in [-0.39, 0.29) is 11.7 Å². The van der Waals surface area contributed by atoms with Crippen molar-refractivity contribution in [3.8, 4) is 0 Å². The Morgan fingerprint density at radius 1 is 0.955 bits per heavy atom. The van der Waals surface area contributed by atoms with Crippen LogP contribution in [0.1, 0.15) is 57.8 Å². The Balaban J connectivity index is 1.64. The minimum atomic E-state index is 0.229. The zero-order chi connectivity index (χ0) is 15.4. The highest BCUT2D eigenvalue weighted by Crippen LogP contribution is 2.30. The van der Waals surface area contributed by atoms with Gasteiger partial charge in [-0.15, -0.1) is 23.4 Å². The molecule has 2 heterocycles. The monoisotopic (exact) mass is 346 g/mol. The number of nitrogens with zero attached hydrogens (tertiary/aromatic N) is 1. The van der Waals surface area contributed by atoms with Gasteiger partial charge in [-0.25, -0.2) is 10.4 Å². The molecule has 2 aliphatic heterocycles. The number of nitrogens with one attached hydrogen (secondary N) is 3. The lowest BCUT2D eigenvalue weighted by atomic mass is 9.86. The summed E-state index contributed by atoms with van der Waals surface area (Å²) in [4.78, 5) is 0. The zero-order valence-corrected chi connectivity index (χ0v) is 15.3. The van der Waals surface area contributed by atoms with Gasteiger partial charge in [0.2, 0.25) is 0 Å². The van der Waals surface area contributed by atoms with Crippen molar-refractivity contribution in [3.63, 3.8) is 0 Å². The second-order valence-corrected chi connectivity index (χ2v) is 8.49. The summed E-state index contributed by atoms with van der Waals surface area (Å²) in [7, 11) is 0. The van der Waals surface area contributed by atoms with Crippen molar-refractivity contribution in [2.75, 3.05) is 12.8 Å². The molecule has 0 aromatic heterocycles. The fraction of sp³-hybridized carbons (Fsp3) is 1.00. The van der Waals surface area contributed by atoms with Crippen molar-refractivity contribution in [1.29, 1.82) is 0 Å². The van der Waals surface area contributed by atoms with E-state index in [1.807, 2.05) is 11.8 Å². The van der Waals surface area contributed by atoms with Crippen molar-refractivity contribution in [2.24, 2.45) is 5.92 Å². The van der Waals surface area contributed by atoms with Crippen LogP contribution in [0.5, 0.6) is 0 Å². The van der Waals surface area contributed by atoms with Crippen molar-refractivity contribution < 1.29 is 0 Å². The summed E-state index contributed by atoms with van der Waals surface area (Å²) in [5, 5.41) is 9.99. The number of hydrogen-bond donors (Lipinski definition) is 3. The highest BCUT2D eigenvalue weighted by Gasteiger charge is 2.42. The molecule has 22 heavy (non-hydrogen) atoms. The molecule has 3 aliphatic rings. The third-order valence-corrected chi connectivity index (χ3v) is 6.58. The van der Waals surface area contributed by atoms with E-state index in [1.54, 1.807) is 0 Å². The molecule has 4 nitrogen and oxygen atoms in total. The average molecular weight is 347 g/mol. The van der Waals surface area contributed by atoms with Crippen LogP contribution in [0.2, 0.25) is 0 Å². The Labute approximate surface area is 144 Å². The lowest BCUT2D eigenvalue weighted by Gasteiger charge is -2.43. The third kappa shape index (κ3) is 4.31. The maximum atomic E-state index is 6.81. The lowest BCUT2D eigenvalue weighted by molar-refractivity contribution is 0.0442. The van der Waals surface area contributed by atoms with Crippen LogP contribution in [0, 0.1) is 5.92 Å². The van der Waals surface area contributed by atoms with Gasteiger partial charge in [0.05, 0.1) is 0 Å². The van der Waals surface area contributed by atoms with Crippen molar-refractivity contribution in [3.05, 3.63) is 0 Å². The zero-order valence-electron chi connectivity index (χ0n) is 13.7. The van der Waals surface area contributed by atoms with Crippen LogP contribution in [-0.2, 0) is 0 Å². The normalized spacial score (nSPS) is 42.0. The molecule has 3 N–H and O–H groups in total. The molecule has 0 aromatic carbocycles. The number of halogens is 1. The number of fused-ring (bicyclic) bond motifs is 2. The summed E-state index contributed by atoms with van der Waals surface area (Å²) in [6.45, 7) is 1.11. The van der Waals surface area contributed by atoms with Gasteiger partial charge in [-0.3, -0.25) is 10.6 Å². The van der Waals surface area contributed by atoms with E-state index >= 15 is 0 Å². The Morgan fingerprint density at radius 3 is 2.36 bits per heavy atom. The van der Waals surface area contributed by atoms with E-state index < -0.39 is 0 Å². The van der Waals surface area contributed by atoms with Crippen LogP contribution >= 0.6 is 23.4 Å². The maximum Gasteiger partial charge on any atom is 0.129 e. The molecule has 0 amide bonds. The molecule has 3 rings (SSSR count). The first-order chi connectivity index (χ1) is 10.8. The summed E-state index contributed by atoms with van der Waals surface area (Å²) in [5.41, 5.74) is 3.87. The fourth-order valence-electron chi connectivity index (χ4n) is 4.08. The smallest absolute Gasteiger partial charge is 0.129 e. The van der Waals surface area contributed by atoms with Crippen LogP contribution in [-0.4, -0.2) is 41.0 Å². The molecule has 5 unspecified atom stereocenters. The maximum absolute atomic E-state index is 6.81. The summed E-state index contributed by atoms with van der Waals surface area (Å²) < 4.78 is 0.